The minimum atomic E-state index is -4.65. The summed E-state index contributed by atoms with van der Waals surface area (Å²) in [6.45, 7) is 0. The number of benzene rings is 1. The number of imidazole rings is 1. The molecular weight excluding hydrogens is 277 g/mol. The van der Waals surface area contributed by atoms with Crippen molar-refractivity contribution in [1.29, 1.82) is 0 Å². The molecule has 0 fully saturated rings. The number of aromatic carboxylic acids is 1. The standard InChI is InChI=1S/C12H9F3N2O3/c1-17-9(8(10(18)19)16-11(17)20)6-4-2-3-5-7(6)12(13,14)15/h2-5H,1H3,(H,16,20)(H,18,19). The van der Waals surface area contributed by atoms with Gasteiger partial charge in [-0.2, -0.15) is 13.2 Å². The van der Waals surface area contributed by atoms with E-state index >= 15 is 0 Å². The van der Waals surface area contributed by atoms with E-state index in [1.54, 1.807) is 0 Å². The van der Waals surface area contributed by atoms with Crippen molar-refractivity contribution in [3.63, 3.8) is 0 Å². The molecule has 2 rings (SSSR count). The smallest absolute Gasteiger partial charge is 0.417 e. The van der Waals surface area contributed by atoms with Crippen molar-refractivity contribution in [1.82, 2.24) is 9.55 Å². The quantitative estimate of drug-likeness (QED) is 0.887. The third kappa shape index (κ3) is 2.20. The number of carboxylic acid groups (broad SMARTS) is 1. The maximum atomic E-state index is 13.0. The molecule has 8 heteroatoms. The Morgan fingerprint density at radius 2 is 1.90 bits per heavy atom. The summed E-state index contributed by atoms with van der Waals surface area (Å²) in [7, 11) is 1.20. The number of nitrogens with zero attached hydrogens (tertiary/aromatic N) is 1. The molecule has 0 saturated heterocycles. The predicted molar refractivity (Wildman–Crippen MR) is 63.4 cm³/mol. The lowest BCUT2D eigenvalue weighted by Crippen LogP contribution is -2.14. The van der Waals surface area contributed by atoms with Gasteiger partial charge in [0.25, 0.3) is 0 Å². The number of carboxylic acids is 1. The lowest BCUT2D eigenvalue weighted by atomic mass is 10.0. The minimum Gasteiger partial charge on any atom is -0.477 e. The third-order valence-corrected chi connectivity index (χ3v) is 2.81. The zero-order valence-corrected chi connectivity index (χ0v) is 10.2. The van der Waals surface area contributed by atoms with Crippen molar-refractivity contribution in [3.8, 4) is 11.3 Å². The first kappa shape index (κ1) is 13.9. The maximum absolute atomic E-state index is 13.0. The zero-order valence-electron chi connectivity index (χ0n) is 10.2. The molecular formula is C12H9F3N2O3. The maximum Gasteiger partial charge on any atom is 0.417 e. The van der Waals surface area contributed by atoms with E-state index in [9.17, 15) is 22.8 Å². The van der Waals surface area contributed by atoms with Crippen LogP contribution in [0.3, 0.4) is 0 Å². The van der Waals surface area contributed by atoms with Gasteiger partial charge in [0.05, 0.1) is 11.3 Å². The first-order valence-corrected chi connectivity index (χ1v) is 5.42. The number of alkyl halides is 3. The zero-order chi connectivity index (χ0) is 15.1. The minimum absolute atomic E-state index is 0.310. The van der Waals surface area contributed by atoms with Gasteiger partial charge in [0.2, 0.25) is 0 Å². The summed E-state index contributed by atoms with van der Waals surface area (Å²) in [5, 5.41) is 8.99. The Morgan fingerprint density at radius 1 is 1.30 bits per heavy atom. The number of nitrogens with one attached hydrogen (secondary N) is 1. The van der Waals surface area contributed by atoms with Crippen molar-refractivity contribution in [2.45, 2.75) is 6.18 Å². The van der Waals surface area contributed by atoms with Crippen LogP contribution in [0.5, 0.6) is 0 Å². The molecule has 0 saturated carbocycles. The number of aromatic amines is 1. The van der Waals surface area contributed by atoms with E-state index in [1.807, 2.05) is 4.98 Å². The molecule has 5 nitrogen and oxygen atoms in total. The van der Waals surface area contributed by atoms with Crippen LogP contribution < -0.4 is 5.69 Å². The lowest BCUT2D eigenvalue weighted by Gasteiger charge is -2.13. The predicted octanol–water partition coefficient (Wildman–Crippen LogP) is 2.10. The fraction of sp³-hybridized carbons (Fsp3) is 0.167. The Hall–Kier alpha value is -2.51. The van der Waals surface area contributed by atoms with Crippen LogP contribution in [0.4, 0.5) is 13.2 Å². The molecule has 0 amide bonds. The van der Waals surface area contributed by atoms with Crippen LogP contribution in [0, 0.1) is 0 Å². The lowest BCUT2D eigenvalue weighted by molar-refractivity contribution is -0.137. The summed E-state index contributed by atoms with van der Waals surface area (Å²) in [6.07, 6.45) is -4.65. The highest BCUT2D eigenvalue weighted by Crippen LogP contribution is 2.37. The molecule has 20 heavy (non-hydrogen) atoms. The number of carbonyl (C=O) groups is 1. The molecule has 1 heterocycles. The van der Waals surface area contributed by atoms with E-state index in [4.69, 9.17) is 5.11 Å². The molecule has 0 aliphatic heterocycles. The molecule has 1 aromatic heterocycles. The van der Waals surface area contributed by atoms with E-state index in [1.165, 1.54) is 19.2 Å². The van der Waals surface area contributed by atoms with Gasteiger partial charge in [-0.05, 0) is 6.07 Å². The van der Waals surface area contributed by atoms with Crippen LogP contribution in [-0.4, -0.2) is 20.6 Å². The summed E-state index contributed by atoms with van der Waals surface area (Å²) in [5.41, 5.74) is -3.05. The van der Waals surface area contributed by atoms with E-state index in [0.717, 1.165) is 16.7 Å². The van der Waals surface area contributed by atoms with Crippen LogP contribution in [0.25, 0.3) is 11.3 Å². The fourth-order valence-corrected chi connectivity index (χ4v) is 1.93. The third-order valence-electron chi connectivity index (χ3n) is 2.81. The van der Waals surface area contributed by atoms with Gasteiger partial charge in [-0.25, -0.2) is 9.59 Å². The first-order valence-electron chi connectivity index (χ1n) is 5.42. The van der Waals surface area contributed by atoms with Crippen LogP contribution in [0.2, 0.25) is 0 Å². The number of hydrogen-bond donors (Lipinski definition) is 2. The molecule has 0 atom stereocenters. The topological polar surface area (TPSA) is 75.1 Å². The van der Waals surface area contributed by atoms with Crippen LogP contribution in [0.1, 0.15) is 16.1 Å². The molecule has 106 valence electrons. The van der Waals surface area contributed by atoms with Crippen LogP contribution in [-0.2, 0) is 13.2 Å². The van der Waals surface area contributed by atoms with Crippen molar-refractivity contribution < 1.29 is 23.1 Å². The highest BCUT2D eigenvalue weighted by molar-refractivity contribution is 5.93. The average Bonchev–Trinajstić information content (AvgIpc) is 2.65. The molecule has 2 aromatic rings. The summed E-state index contributed by atoms with van der Waals surface area (Å²) in [5.74, 6) is -1.50. The Kier molecular flexibility index (Phi) is 3.16. The highest BCUT2D eigenvalue weighted by atomic mass is 19.4. The summed E-state index contributed by atoms with van der Waals surface area (Å²) in [4.78, 5) is 24.5. The monoisotopic (exact) mass is 286 g/mol. The van der Waals surface area contributed by atoms with Gasteiger partial charge in [-0.1, -0.05) is 18.2 Å². The fourth-order valence-electron chi connectivity index (χ4n) is 1.93. The van der Waals surface area contributed by atoms with Gasteiger partial charge < -0.3 is 5.11 Å². The normalized spacial score (nSPS) is 11.6. The molecule has 2 N–H and O–H groups in total. The number of H-pyrrole nitrogens is 1. The van der Waals surface area contributed by atoms with Gasteiger partial charge in [-0.15, -0.1) is 0 Å². The second-order valence-corrected chi connectivity index (χ2v) is 4.06. The van der Waals surface area contributed by atoms with E-state index < -0.39 is 29.1 Å². The molecule has 0 spiro atoms. The SMILES string of the molecule is Cn1c(-c2ccccc2C(F)(F)F)c(C(=O)O)[nH]c1=O. The van der Waals surface area contributed by atoms with Crippen molar-refractivity contribution >= 4 is 5.97 Å². The Labute approximate surface area is 110 Å². The van der Waals surface area contributed by atoms with Gasteiger partial charge >= 0.3 is 17.8 Å². The number of aromatic nitrogens is 2. The molecule has 1 aromatic carbocycles. The van der Waals surface area contributed by atoms with Gasteiger partial charge in [0, 0.05) is 12.6 Å². The number of rotatable bonds is 2. The van der Waals surface area contributed by atoms with E-state index in [2.05, 4.69) is 0 Å². The van der Waals surface area contributed by atoms with E-state index in [0.29, 0.717) is 0 Å². The number of hydrogen-bond acceptors (Lipinski definition) is 2. The Bertz CT molecular complexity index is 728. The van der Waals surface area contributed by atoms with Crippen molar-refractivity contribution in [2.24, 2.45) is 7.05 Å². The second-order valence-electron chi connectivity index (χ2n) is 4.06. The summed E-state index contributed by atoms with van der Waals surface area (Å²) < 4.78 is 39.7. The average molecular weight is 286 g/mol. The molecule has 0 bridgehead atoms. The van der Waals surface area contributed by atoms with Gasteiger partial charge in [0.1, 0.15) is 0 Å². The van der Waals surface area contributed by atoms with Crippen molar-refractivity contribution in [3.05, 3.63) is 46.0 Å². The largest absolute Gasteiger partial charge is 0.477 e. The van der Waals surface area contributed by atoms with Crippen molar-refractivity contribution in [2.75, 3.05) is 0 Å². The Morgan fingerprint density at radius 3 is 2.45 bits per heavy atom. The van der Waals surface area contributed by atoms with Crippen LogP contribution in [0.15, 0.2) is 29.1 Å². The molecule has 0 unspecified atom stereocenters. The first-order chi connectivity index (χ1) is 9.23. The van der Waals surface area contributed by atoms with Gasteiger partial charge in [-0.3, -0.25) is 9.55 Å². The second kappa shape index (κ2) is 4.55. The number of halogens is 3. The highest BCUT2D eigenvalue weighted by Gasteiger charge is 2.35. The van der Waals surface area contributed by atoms with Gasteiger partial charge in [0.15, 0.2) is 5.69 Å². The molecule has 0 aliphatic rings. The summed E-state index contributed by atoms with van der Waals surface area (Å²) in [6, 6.07) is 4.49. The van der Waals surface area contributed by atoms with Crippen LogP contribution >= 0.6 is 0 Å². The van der Waals surface area contributed by atoms with E-state index in [-0.39, 0.29) is 11.3 Å². The molecule has 0 radical (unpaired) electrons. The summed E-state index contributed by atoms with van der Waals surface area (Å²) >= 11 is 0. The Balaban J connectivity index is 2.83. The molecule has 0 aliphatic carbocycles.